The highest BCUT2D eigenvalue weighted by molar-refractivity contribution is 6.02. The predicted molar refractivity (Wildman–Crippen MR) is 105 cm³/mol. The summed E-state index contributed by atoms with van der Waals surface area (Å²) in [5.41, 5.74) is 0. The largest absolute Gasteiger partial charge is 0.347 e. The molecular formula is C20H34N6. The third kappa shape index (κ3) is 3.67. The van der Waals surface area contributed by atoms with Gasteiger partial charge in [-0.1, -0.05) is 38.5 Å². The minimum Gasteiger partial charge on any atom is -0.347 e. The molecule has 3 aliphatic rings. The van der Waals surface area contributed by atoms with E-state index in [1.807, 2.05) is 36.0 Å². The Morgan fingerprint density at radius 2 is 1.65 bits per heavy atom. The third-order valence-electron chi connectivity index (χ3n) is 6.44. The molecule has 0 radical (unpaired) electrons. The molecule has 0 saturated heterocycles. The molecule has 1 heterocycles. The molecule has 3 rings (SSSR count). The second-order valence-electron chi connectivity index (χ2n) is 8.43. The molecule has 0 spiro atoms. The van der Waals surface area contributed by atoms with E-state index >= 15 is 0 Å². The molecule has 2 atom stereocenters. The first-order valence-corrected chi connectivity index (χ1v) is 10.3. The van der Waals surface area contributed by atoms with Crippen molar-refractivity contribution in [2.24, 2.45) is 16.9 Å². The lowest BCUT2D eigenvalue weighted by molar-refractivity contribution is 0.0827. The molecule has 2 fully saturated rings. The summed E-state index contributed by atoms with van der Waals surface area (Å²) < 4.78 is 0. The van der Waals surface area contributed by atoms with Crippen LogP contribution in [0.5, 0.6) is 0 Å². The molecule has 0 aromatic rings. The number of nitrogens with zero attached hydrogens (tertiary/aromatic N) is 5. The summed E-state index contributed by atoms with van der Waals surface area (Å²) >= 11 is 0. The Balaban J connectivity index is 1.96. The Labute approximate surface area is 158 Å². The summed E-state index contributed by atoms with van der Waals surface area (Å²) in [6.07, 6.45) is 12.0. The maximum Gasteiger partial charge on any atom is 0.223 e. The van der Waals surface area contributed by atoms with Crippen LogP contribution in [0, 0.1) is 28.6 Å². The van der Waals surface area contributed by atoms with E-state index in [2.05, 4.69) is 6.07 Å². The highest BCUT2D eigenvalue weighted by Gasteiger charge is 2.43. The van der Waals surface area contributed by atoms with Crippen molar-refractivity contribution in [1.82, 2.24) is 14.8 Å². The van der Waals surface area contributed by atoms with Crippen molar-refractivity contribution in [2.45, 2.75) is 76.3 Å². The number of amidine groups is 1. The molecule has 26 heavy (non-hydrogen) atoms. The van der Waals surface area contributed by atoms with E-state index in [0.717, 1.165) is 31.6 Å². The van der Waals surface area contributed by atoms with Gasteiger partial charge in [0.15, 0.2) is 0 Å². The quantitative estimate of drug-likeness (QED) is 0.839. The first-order chi connectivity index (χ1) is 12.5. The molecular weight excluding hydrogens is 324 g/mol. The molecule has 2 unspecified atom stereocenters. The van der Waals surface area contributed by atoms with Crippen molar-refractivity contribution in [3.05, 3.63) is 0 Å². The van der Waals surface area contributed by atoms with Gasteiger partial charge in [0, 0.05) is 21.1 Å². The normalized spacial score (nSPS) is 27.1. The van der Waals surface area contributed by atoms with Gasteiger partial charge in [-0.15, -0.1) is 5.10 Å². The number of guanidine groups is 1. The summed E-state index contributed by atoms with van der Waals surface area (Å²) in [4.78, 5) is 3.86. The Morgan fingerprint density at radius 1 is 1.08 bits per heavy atom. The Morgan fingerprint density at radius 3 is 2.19 bits per heavy atom. The molecule has 1 N–H and O–H groups in total. The monoisotopic (exact) mass is 358 g/mol. The van der Waals surface area contributed by atoms with E-state index < -0.39 is 0 Å². The molecule has 0 amide bonds. The lowest BCUT2D eigenvalue weighted by Crippen LogP contribution is -2.61. The molecule has 2 aliphatic carbocycles. The van der Waals surface area contributed by atoms with Crippen LogP contribution < -0.4 is 0 Å². The van der Waals surface area contributed by atoms with Crippen molar-refractivity contribution < 1.29 is 0 Å². The highest BCUT2D eigenvalue weighted by atomic mass is 15.6. The van der Waals surface area contributed by atoms with Crippen molar-refractivity contribution in [3.63, 3.8) is 0 Å². The van der Waals surface area contributed by atoms with Gasteiger partial charge in [-0.3, -0.25) is 10.4 Å². The van der Waals surface area contributed by atoms with Gasteiger partial charge in [0.1, 0.15) is 17.9 Å². The van der Waals surface area contributed by atoms with Crippen LogP contribution in [0.15, 0.2) is 5.10 Å². The van der Waals surface area contributed by atoms with E-state index in [1.54, 1.807) is 0 Å². The lowest BCUT2D eigenvalue weighted by Gasteiger charge is -2.47. The number of rotatable bonds is 3. The van der Waals surface area contributed by atoms with Crippen LogP contribution in [-0.2, 0) is 0 Å². The van der Waals surface area contributed by atoms with E-state index in [1.165, 1.54) is 38.5 Å². The minimum absolute atomic E-state index is 0.0597. The van der Waals surface area contributed by atoms with E-state index in [-0.39, 0.29) is 12.1 Å². The average molecular weight is 359 g/mol. The van der Waals surface area contributed by atoms with Gasteiger partial charge >= 0.3 is 0 Å². The molecule has 0 aromatic carbocycles. The lowest BCUT2D eigenvalue weighted by atomic mass is 9.80. The molecule has 2 saturated carbocycles. The SMILES string of the molecule is CN(C)C1=NN(C(C#N)C2CCCCC2)C(C2CCCCC2)C(=N)N1C. The van der Waals surface area contributed by atoms with Crippen LogP contribution in [0.25, 0.3) is 0 Å². The number of nitrogens with one attached hydrogen (secondary N) is 1. The number of hydrogen-bond donors (Lipinski definition) is 1. The second-order valence-corrected chi connectivity index (χ2v) is 8.43. The summed E-state index contributed by atoms with van der Waals surface area (Å²) in [7, 11) is 5.86. The number of hydrazone groups is 1. The van der Waals surface area contributed by atoms with E-state index in [4.69, 9.17) is 10.5 Å². The van der Waals surface area contributed by atoms with Gasteiger partial charge in [0.25, 0.3) is 0 Å². The standard InChI is InChI=1S/C20H34N6/c1-24(2)20-23-26(17(14-21)15-10-6-4-7-11-15)18(19(22)25(20)3)16-12-8-5-9-13-16/h15-18,22H,4-13H2,1-3H3. The maximum absolute atomic E-state index is 10.1. The summed E-state index contributed by atoms with van der Waals surface area (Å²) in [5, 5.41) is 26.0. The Kier molecular flexibility index (Phi) is 6.05. The fraction of sp³-hybridized carbons (Fsp3) is 0.850. The predicted octanol–water partition coefficient (Wildman–Crippen LogP) is 3.47. The zero-order valence-corrected chi connectivity index (χ0v) is 16.6. The van der Waals surface area contributed by atoms with Crippen LogP contribution in [0.4, 0.5) is 0 Å². The third-order valence-corrected chi connectivity index (χ3v) is 6.44. The van der Waals surface area contributed by atoms with Crippen molar-refractivity contribution in [2.75, 3.05) is 21.1 Å². The Hall–Kier alpha value is -1.77. The van der Waals surface area contributed by atoms with Crippen LogP contribution in [0.1, 0.15) is 64.2 Å². The van der Waals surface area contributed by atoms with Crippen LogP contribution >= 0.6 is 0 Å². The molecule has 0 bridgehead atoms. The van der Waals surface area contributed by atoms with Crippen molar-refractivity contribution in [1.29, 1.82) is 10.7 Å². The average Bonchev–Trinajstić information content (AvgIpc) is 2.66. The van der Waals surface area contributed by atoms with Gasteiger partial charge in [0.05, 0.1) is 6.07 Å². The highest BCUT2D eigenvalue weighted by Crippen LogP contribution is 2.36. The van der Waals surface area contributed by atoms with Gasteiger partial charge in [0.2, 0.25) is 5.96 Å². The van der Waals surface area contributed by atoms with E-state index in [9.17, 15) is 5.26 Å². The van der Waals surface area contributed by atoms with Gasteiger partial charge < -0.3 is 9.80 Å². The minimum atomic E-state index is -0.216. The Bertz CT molecular complexity index is 565. The molecule has 6 heteroatoms. The van der Waals surface area contributed by atoms with Crippen LogP contribution in [-0.4, -0.2) is 59.8 Å². The van der Waals surface area contributed by atoms with Crippen molar-refractivity contribution >= 4 is 11.8 Å². The molecule has 6 nitrogen and oxygen atoms in total. The second kappa shape index (κ2) is 8.28. The fourth-order valence-electron chi connectivity index (χ4n) is 5.01. The topological polar surface area (TPSA) is 69.7 Å². The zero-order valence-electron chi connectivity index (χ0n) is 16.6. The number of likely N-dealkylation sites (N-methyl/N-ethyl adjacent to an activating group) is 1. The van der Waals surface area contributed by atoms with Gasteiger partial charge in [-0.25, -0.2) is 0 Å². The van der Waals surface area contributed by atoms with E-state index in [0.29, 0.717) is 17.7 Å². The smallest absolute Gasteiger partial charge is 0.223 e. The van der Waals surface area contributed by atoms with Crippen LogP contribution in [0.3, 0.4) is 0 Å². The van der Waals surface area contributed by atoms with Gasteiger partial charge in [-0.2, -0.15) is 5.26 Å². The first kappa shape index (κ1) is 19.0. The van der Waals surface area contributed by atoms with Crippen LogP contribution in [0.2, 0.25) is 0 Å². The molecule has 1 aliphatic heterocycles. The zero-order chi connectivity index (χ0) is 18.7. The number of hydrogen-bond acceptors (Lipinski definition) is 5. The summed E-state index contributed by atoms with van der Waals surface area (Å²) in [6, 6.07) is 2.31. The molecule has 0 aromatic heterocycles. The first-order valence-electron chi connectivity index (χ1n) is 10.3. The number of nitriles is 1. The fourth-order valence-corrected chi connectivity index (χ4v) is 5.01. The van der Waals surface area contributed by atoms with Gasteiger partial charge in [-0.05, 0) is 37.5 Å². The summed E-state index contributed by atoms with van der Waals surface area (Å²) in [5.74, 6) is 2.18. The maximum atomic E-state index is 10.1. The van der Waals surface area contributed by atoms with Crippen molar-refractivity contribution in [3.8, 4) is 6.07 Å². The molecule has 144 valence electrons. The summed E-state index contributed by atoms with van der Waals surface area (Å²) in [6.45, 7) is 0.